The minimum Gasteiger partial charge on any atom is -0.481 e. The minimum atomic E-state index is -1.08. The molecule has 4 N–H and O–H groups in total. The molecule has 48 heavy (non-hydrogen) atoms. The molecule has 12 nitrogen and oxygen atoms in total. The molecular weight excluding hydrogens is 664 g/mol. The molecule has 254 valence electrons. The number of hydrogen-bond acceptors (Lipinski definition) is 9. The number of aliphatic hydroxyl groups is 1. The number of carboxylic acid groups (broad SMARTS) is 1. The molecule has 5 rings (SSSR count). The highest BCUT2D eigenvalue weighted by molar-refractivity contribution is 6.39. The van der Waals surface area contributed by atoms with Crippen molar-refractivity contribution in [3.63, 3.8) is 0 Å². The summed E-state index contributed by atoms with van der Waals surface area (Å²) in [6.07, 6.45) is 1.37. The van der Waals surface area contributed by atoms with Crippen LogP contribution in [0.1, 0.15) is 40.4 Å². The van der Waals surface area contributed by atoms with Gasteiger partial charge in [-0.25, -0.2) is 9.97 Å². The van der Waals surface area contributed by atoms with E-state index in [9.17, 15) is 19.1 Å². The van der Waals surface area contributed by atoms with Gasteiger partial charge in [-0.2, -0.15) is 0 Å². The molecule has 0 aliphatic carbocycles. The van der Waals surface area contributed by atoms with Crippen molar-refractivity contribution in [2.45, 2.75) is 38.5 Å². The van der Waals surface area contributed by atoms with Crippen molar-refractivity contribution < 1.29 is 28.9 Å². The molecule has 1 aliphatic heterocycles. The van der Waals surface area contributed by atoms with E-state index in [1.807, 2.05) is 7.05 Å². The standard InChI is InChI=1S/C33H36Cl2FN7O5/c1-42-26-10-14-43(13-4-11-36)18-25(26)39-31(42)32(47)40-24-6-3-5-22(28(24)34)30-29(35)21(9-12-38-30)23-8-7-19(33(41-23)48-2)16-37-17-20(44)15-27(45)46/h3,5-9,12,20,37,44H,4,10-11,13-18H2,1-2H3,(H,40,47)(H,45,46)/t20-/m1/s1. The molecule has 0 saturated heterocycles. The van der Waals surface area contributed by atoms with Gasteiger partial charge in [0.1, 0.15) is 0 Å². The van der Waals surface area contributed by atoms with Gasteiger partial charge in [0.05, 0.1) is 59.1 Å². The number of aliphatic carboxylic acids is 1. The van der Waals surface area contributed by atoms with E-state index >= 15 is 0 Å². The molecule has 0 radical (unpaired) electrons. The summed E-state index contributed by atoms with van der Waals surface area (Å²) < 4.78 is 20.0. The lowest BCUT2D eigenvalue weighted by Crippen LogP contribution is -2.32. The number of alkyl halides is 1. The van der Waals surface area contributed by atoms with Gasteiger partial charge in [0.25, 0.3) is 5.91 Å². The molecular formula is C33H36Cl2FN7O5. The van der Waals surface area contributed by atoms with Crippen LogP contribution in [0.4, 0.5) is 10.1 Å². The molecule has 3 aromatic heterocycles. The second kappa shape index (κ2) is 15.8. The molecule has 0 fully saturated rings. The molecule has 0 bridgehead atoms. The average molecular weight is 701 g/mol. The van der Waals surface area contributed by atoms with Crippen LogP contribution < -0.4 is 15.4 Å². The molecule has 1 amide bonds. The number of aromatic nitrogens is 4. The van der Waals surface area contributed by atoms with E-state index in [0.717, 1.165) is 17.9 Å². The Balaban J connectivity index is 1.34. The van der Waals surface area contributed by atoms with Gasteiger partial charge < -0.3 is 30.2 Å². The quantitative estimate of drug-likeness (QED) is 0.145. The molecule has 15 heteroatoms. The highest BCUT2D eigenvalue weighted by Crippen LogP contribution is 2.40. The molecule has 4 heterocycles. The number of aliphatic hydroxyl groups excluding tert-OH is 1. The lowest BCUT2D eigenvalue weighted by atomic mass is 10.1. The summed E-state index contributed by atoms with van der Waals surface area (Å²) in [5.41, 5.74) is 4.81. The number of methoxy groups -OCH3 is 1. The number of rotatable bonds is 14. The van der Waals surface area contributed by atoms with Gasteiger partial charge in [-0.05, 0) is 24.6 Å². The number of fused-ring (bicyclic) bond motifs is 1. The number of ether oxygens (including phenoxy) is 1. The van der Waals surface area contributed by atoms with Gasteiger partial charge >= 0.3 is 5.97 Å². The molecule has 1 aliphatic rings. The summed E-state index contributed by atoms with van der Waals surface area (Å²) in [6.45, 7) is 1.99. The Kier molecular flexibility index (Phi) is 11.6. The third kappa shape index (κ3) is 7.93. The Labute approximate surface area is 286 Å². The van der Waals surface area contributed by atoms with E-state index in [-0.39, 0.29) is 42.1 Å². The maximum Gasteiger partial charge on any atom is 0.306 e. The SMILES string of the molecule is COc1nc(-c2ccnc(-c3cccc(NC(=O)c4nc5c(n4C)CCN(CCCF)C5)c3Cl)c2Cl)ccc1CNC[C@H](O)CC(=O)O. The van der Waals surface area contributed by atoms with E-state index < -0.39 is 18.0 Å². The van der Waals surface area contributed by atoms with E-state index in [2.05, 4.69) is 30.5 Å². The van der Waals surface area contributed by atoms with Gasteiger partial charge in [-0.1, -0.05) is 41.4 Å². The average Bonchev–Trinajstić information content (AvgIpc) is 3.40. The van der Waals surface area contributed by atoms with Crippen molar-refractivity contribution in [1.82, 2.24) is 29.7 Å². The van der Waals surface area contributed by atoms with Crippen LogP contribution in [-0.2, 0) is 31.4 Å². The number of carboxylic acids is 1. The molecule has 0 unspecified atom stereocenters. The second-order valence-corrected chi connectivity index (χ2v) is 12.1. The number of carbonyl (C=O) groups is 2. The summed E-state index contributed by atoms with van der Waals surface area (Å²) in [5, 5.41) is 25.1. The predicted molar refractivity (Wildman–Crippen MR) is 180 cm³/mol. The Morgan fingerprint density at radius 1 is 1.12 bits per heavy atom. The van der Waals surface area contributed by atoms with Crippen molar-refractivity contribution in [3.05, 3.63) is 75.4 Å². The third-order valence-corrected chi connectivity index (χ3v) is 8.84. The first-order valence-corrected chi connectivity index (χ1v) is 16.1. The van der Waals surface area contributed by atoms with Gasteiger partial charge in [-0.15, -0.1) is 0 Å². The van der Waals surface area contributed by atoms with Gasteiger partial charge in [0.2, 0.25) is 5.88 Å². The first-order chi connectivity index (χ1) is 23.1. The zero-order valence-electron chi connectivity index (χ0n) is 26.5. The summed E-state index contributed by atoms with van der Waals surface area (Å²) in [7, 11) is 3.29. The maximum atomic E-state index is 13.4. The number of pyridine rings is 2. The predicted octanol–water partition coefficient (Wildman–Crippen LogP) is 4.75. The van der Waals surface area contributed by atoms with E-state index in [4.69, 9.17) is 33.0 Å². The lowest BCUT2D eigenvalue weighted by molar-refractivity contribution is -0.139. The summed E-state index contributed by atoms with van der Waals surface area (Å²) in [4.78, 5) is 40.1. The number of imidazole rings is 1. The summed E-state index contributed by atoms with van der Waals surface area (Å²) >= 11 is 13.8. The Bertz CT molecular complexity index is 1800. The highest BCUT2D eigenvalue weighted by Gasteiger charge is 2.26. The lowest BCUT2D eigenvalue weighted by Gasteiger charge is -2.26. The number of anilines is 1. The number of nitrogens with zero attached hydrogens (tertiary/aromatic N) is 5. The van der Waals surface area contributed by atoms with Crippen molar-refractivity contribution in [2.24, 2.45) is 7.05 Å². The van der Waals surface area contributed by atoms with Crippen LogP contribution in [0, 0.1) is 0 Å². The van der Waals surface area contributed by atoms with E-state index in [1.165, 1.54) is 7.11 Å². The van der Waals surface area contributed by atoms with Crippen LogP contribution in [-0.4, -0.2) is 86.0 Å². The topological polar surface area (TPSA) is 155 Å². The number of halogens is 3. The fourth-order valence-electron chi connectivity index (χ4n) is 5.66. The zero-order chi connectivity index (χ0) is 34.4. The van der Waals surface area contributed by atoms with Crippen LogP contribution >= 0.6 is 23.2 Å². The number of hydrogen-bond donors (Lipinski definition) is 4. The smallest absolute Gasteiger partial charge is 0.306 e. The largest absolute Gasteiger partial charge is 0.481 e. The molecule has 4 aromatic rings. The molecule has 1 atom stereocenters. The number of carbonyl (C=O) groups excluding carboxylic acids is 1. The van der Waals surface area contributed by atoms with Crippen LogP contribution in [0.5, 0.6) is 5.88 Å². The minimum absolute atomic E-state index is 0.0855. The van der Waals surface area contributed by atoms with Crippen molar-refractivity contribution in [3.8, 4) is 28.4 Å². The molecule has 1 aromatic carbocycles. The van der Waals surface area contributed by atoms with Crippen molar-refractivity contribution >= 4 is 40.8 Å². The zero-order valence-corrected chi connectivity index (χ0v) is 28.0. The fraction of sp³-hybridized carbons (Fsp3) is 0.364. The van der Waals surface area contributed by atoms with Gasteiger partial charge in [0.15, 0.2) is 5.82 Å². The first kappa shape index (κ1) is 35.2. The monoisotopic (exact) mass is 699 g/mol. The first-order valence-electron chi connectivity index (χ1n) is 15.3. The Morgan fingerprint density at radius 3 is 2.69 bits per heavy atom. The van der Waals surface area contributed by atoms with Crippen LogP contribution in [0.25, 0.3) is 22.5 Å². The number of benzene rings is 1. The fourth-order valence-corrected chi connectivity index (χ4v) is 6.23. The Hall–Kier alpha value is -4.14. The number of nitrogens with one attached hydrogen (secondary N) is 2. The van der Waals surface area contributed by atoms with Gasteiger partial charge in [-0.3, -0.25) is 23.9 Å². The highest BCUT2D eigenvalue weighted by atomic mass is 35.5. The second-order valence-electron chi connectivity index (χ2n) is 11.3. The summed E-state index contributed by atoms with van der Waals surface area (Å²) in [6, 6.07) is 10.5. The number of amides is 1. The van der Waals surface area contributed by atoms with Crippen LogP contribution in [0.3, 0.4) is 0 Å². The van der Waals surface area contributed by atoms with Crippen molar-refractivity contribution in [2.75, 3.05) is 38.7 Å². The van der Waals surface area contributed by atoms with Crippen LogP contribution in [0.2, 0.25) is 10.0 Å². The molecule has 0 saturated carbocycles. The van der Waals surface area contributed by atoms with E-state index in [1.54, 1.807) is 47.2 Å². The summed E-state index contributed by atoms with van der Waals surface area (Å²) in [5.74, 6) is -0.922. The molecule has 0 spiro atoms. The van der Waals surface area contributed by atoms with Crippen LogP contribution in [0.15, 0.2) is 42.6 Å². The third-order valence-electron chi connectivity index (χ3n) is 8.05. The maximum absolute atomic E-state index is 13.4. The Morgan fingerprint density at radius 2 is 1.94 bits per heavy atom. The van der Waals surface area contributed by atoms with E-state index in [0.29, 0.717) is 65.6 Å². The van der Waals surface area contributed by atoms with Crippen molar-refractivity contribution in [1.29, 1.82) is 0 Å². The normalized spacial score (nSPS) is 13.6. The van der Waals surface area contributed by atoms with Gasteiger partial charge in [0, 0.05) is 74.8 Å².